The van der Waals surface area contributed by atoms with E-state index in [1.54, 1.807) is 0 Å². The summed E-state index contributed by atoms with van der Waals surface area (Å²) in [6, 6.07) is 83.6. The third kappa shape index (κ3) is 17.0. The van der Waals surface area contributed by atoms with Crippen molar-refractivity contribution in [2.45, 2.75) is 79.1 Å². The first-order valence-electron chi connectivity index (χ1n) is 30.9. The summed E-state index contributed by atoms with van der Waals surface area (Å²) < 4.78 is 4.48. The molecule has 8 aromatic carbocycles. The maximum atomic E-state index is 4.68. The van der Waals surface area contributed by atoms with Crippen molar-refractivity contribution < 1.29 is 89.9 Å². The molecule has 6 heterocycles. The number of rotatable bonds is 12. The number of para-hydroxylation sites is 2. The molecule has 0 saturated heterocycles. The SMILES string of the molecule is CC(C)c1cc(-c2ccccc2)cc(C(C)C)c1-n1ccnc1-c1[c-]cccc1.CC(C)c1cc(-c2ccccc2)cc(C(C)C)c1-n1ccnc1-c1[c-]cccc1.CN1[CH-]N(c2[c-]cccc2)c2ncccc21.CN1[CH-]N(c2[c-]cccc2)c2ncccc21.[Ir+3].[Ir+3].[U].[V]. The Morgan fingerprint density at radius 3 is 1.00 bits per heavy atom. The number of anilines is 6. The minimum atomic E-state index is 0. The average Bonchev–Trinajstić information content (AvgIpc) is 1.04. The van der Waals surface area contributed by atoms with Gasteiger partial charge in [0, 0.05) is 110 Å². The monoisotopic (exact) mass is 1850 g/mol. The van der Waals surface area contributed by atoms with Gasteiger partial charge in [0.05, 0.1) is 11.6 Å². The number of aromatic nitrogens is 6. The standard InChI is InChI=1S/2C27H27N2.2C13H11N3.2Ir.U.V/c2*1-19(2)24-17-23(21-11-7-5-8-12-21)18-25(20(3)4)26(24)29-16-15-28-27(29)22-13-9-6-10-14-22;2*1-15-10-16(11-6-3-2-4-7-11)13-12(15)8-5-9-14-13;;;;/h2*5-13,15-20H,1-4H3;2*2-6,8-10H,1H3;;;;/q2*-1;2*-2;2*+3;;. The average molecular weight is 1850 g/mol. The van der Waals surface area contributed by atoms with Crippen molar-refractivity contribution >= 4 is 34.4 Å². The van der Waals surface area contributed by atoms with E-state index in [4.69, 9.17) is 0 Å². The van der Waals surface area contributed by atoms with Gasteiger partial charge >= 0.3 is 40.2 Å². The third-order valence-electron chi connectivity index (χ3n) is 15.9. The van der Waals surface area contributed by atoms with Crippen LogP contribution < -0.4 is 19.6 Å². The molecule has 0 aliphatic carbocycles. The number of fused-ring (bicyclic) bond motifs is 2. The van der Waals surface area contributed by atoms with Crippen LogP contribution in [0, 0.1) is 68.7 Å². The Bertz CT molecular complexity index is 3930. The first-order chi connectivity index (χ1) is 43.8. The van der Waals surface area contributed by atoms with Crippen molar-refractivity contribution in [3.63, 3.8) is 0 Å². The molecule has 0 atom stereocenters. The minimum absolute atomic E-state index is 0. The molecule has 0 unspecified atom stereocenters. The van der Waals surface area contributed by atoms with Gasteiger partial charge in [0.15, 0.2) is 0 Å². The summed E-state index contributed by atoms with van der Waals surface area (Å²) in [5.74, 6) is 5.33. The minimum Gasteiger partial charge on any atom is -0.502 e. The van der Waals surface area contributed by atoms with Crippen molar-refractivity contribution in [3.05, 3.63) is 303 Å². The van der Waals surface area contributed by atoms with Crippen LogP contribution in [0.4, 0.5) is 34.4 Å². The van der Waals surface area contributed by atoms with Gasteiger partial charge < -0.3 is 28.7 Å². The molecule has 2 aliphatic rings. The van der Waals surface area contributed by atoms with Crippen LogP contribution in [0.15, 0.2) is 243 Å². The molecule has 0 amide bonds. The molecular weight excluding hydrogens is 1770 g/mol. The van der Waals surface area contributed by atoms with E-state index in [0.717, 1.165) is 57.2 Å². The summed E-state index contributed by atoms with van der Waals surface area (Å²) in [5.41, 5.74) is 19.2. The Labute approximate surface area is 620 Å². The van der Waals surface area contributed by atoms with Crippen LogP contribution in [-0.2, 0) is 58.8 Å². The van der Waals surface area contributed by atoms with Crippen LogP contribution in [0.2, 0.25) is 0 Å². The third-order valence-corrected chi connectivity index (χ3v) is 15.9. The molecular formula is C80H76Ir2N10UV. The van der Waals surface area contributed by atoms with E-state index < -0.39 is 0 Å². The van der Waals surface area contributed by atoms with Gasteiger partial charge in [-0.15, -0.1) is 83.2 Å². The van der Waals surface area contributed by atoms with Crippen molar-refractivity contribution in [2.24, 2.45) is 0 Å². The van der Waals surface area contributed by atoms with Crippen LogP contribution in [0.5, 0.6) is 0 Å². The Hall–Kier alpha value is -7.38. The Morgan fingerprint density at radius 2 is 0.691 bits per heavy atom. The molecule has 10 nitrogen and oxygen atoms in total. The first-order valence-corrected chi connectivity index (χ1v) is 30.9. The number of imidazole rings is 2. The number of benzene rings is 8. The van der Waals surface area contributed by atoms with E-state index >= 15 is 0 Å². The van der Waals surface area contributed by atoms with E-state index in [0.29, 0.717) is 23.7 Å². The fraction of sp³-hybridized carbons (Fsp3) is 0.175. The van der Waals surface area contributed by atoms with Crippen molar-refractivity contribution in [2.75, 3.05) is 33.7 Å². The summed E-state index contributed by atoms with van der Waals surface area (Å²) in [7, 11) is 4.03. The van der Waals surface area contributed by atoms with Crippen molar-refractivity contribution in [1.82, 2.24) is 29.1 Å². The van der Waals surface area contributed by atoms with Gasteiger partial charge in [-0.2, -0.15) is 74.0 Å². The summed E-state index contributed by atoms with van der Waals surface area (Å²) in [4.78, 5) is 26.3. The van der Waals surface area contributed by atoms with Gasteiger partial charge in [-0.05, 0) is 131 Å². The summed E-state index contributed by atoms with van der Waals surface area (Å²) >= 11 is 0. The molecule has 473 valence electrons. The van der Waals surface area contributed by atoms with Crippen LogP contribution in [0.1, 0.15) is 101 Å². The maximum absolute atomic E-state index is 4.68. The summed E-state index contributed by atoms with van der Waals surface area (Å²) in [6.07, 6.45) is 11.5. The van der Waals surface area contributed by atoms with Gasteiger partial charge in [-0.3, -0.25) is 9.97 Å². The van der Waals surface area contributed by atoms with E-state index in [2.05, 4.69) is 240 Å². The van der Waals surface area contributed by atoms with Crippen LogP contribution in [0.25, 0.3) is 56.4 Å². The number of hydrogen-bond acceptors (Lipinski definition) is 8. The molecule has 0 fully saturated rings. The largest absolute Gasteiger partial charge is 3.00 e. The normalized spacial score (nSPS) is 11.8. The zero-order valence-corrected chi connectivity index (χ0v) is 65.0. The zero-order chi connectivity index (χ0) is 62.7. The Kier molecular flexibility index (Phi) is 27.4. The topological polar surface area (TPSA) is 74.4 Å². The maximum Gasteiger partial charge on any atom is 3.00 e. The fourth-order valence-corrected chi connectivity index (χ4v) is 11.4. The molecule has 1 radical (unpaired) electrons. The van der Waals surface area contributed by atoms with Crippen LogP contribution in [0.3, 0.4) is 0 Å². The quantitative estimate of drug-likeness (QED) is 0.112. The smallest absolute Gasteiger partial charge is 0.502 e. The van der Waals surface area contributed by atoms with E-state index in [1.807, 2.05) is 159 Å². The molecule has 4 aromatic heterocycles. The predicted octanol–water partition coefficient (Wildman–Crippen LogP) is 19.7. The molecule has 2 aliphatic heterocycles. The molecule has 94 heavy (non-hydrogen) atoms. The molecule has 0 bridgehead atoms. The zero-order valence-electron chi connectivity index (χ0n) is 54.6. The molecule has 0 N–H and O–H groups in total. The van der Waals surface area contributed by atoms with Crippen molar-refractivity contribution in [3.8, 4) is 56.4 Å². The first kappa shape index (κ1) is 74.0. The summed E-state index contributed by atoms with van der Waals surface area (Å²) in [5, 5.41) is 0. The van der Waals surface area contributed by atoms with Crippen molar-refractivity contribution in [1.29, 1.82) is 0 Å². The molecule has 0 spiro atoms. The number of nitrogens with zero attached hydrogens (tertiary/aromatic N) is 10. The second kappa shape index (κ2) is 34.9. The van der Waals surface area contributed by atoms with E-state index in [-0.39, 0.29) is 89.9 Å². The Balaban J connectivity index is 0.000000181. The summed E-state index contributed by atoms with van der Waals surface area (Å²) in [6.45, 7) is 22.2. The van der Waals surface area contributed by atoms with Gasteiger partial charge in [0.1, 0.15) is 11.6 Å². The van der Waals surface area contributed by atoms with Gasteiger partial charge in [-0.1, -0.05) is 116 Å². The second-order valence-corrected chi connectivity index (χ2v) is 23.5. The van der Waals surface area contributed by atoms with Gasteiger partial charge in [0.25, 0.3) is 0 Å². The van der Waals surface area contributed by atoms with E-state index in [1.165, 1.54) is 55.9 Å². The van der Waals surface area contributed by atoms with Crippen LogP contribution >= 0.6 is 0 Å². The molecule has 0 saturated carbocycles. The predicted molar refractivity (Wildman–Crippen MR) is 372 cm³/mol. The Morgan fingerprint density at radius 1 is 0.362 bits per heavy atom. The number of hydrogen-bond donors (Lipinski definition) is 0. The molecule has 14 rings (SSSR count). The number of pyridine rings is 2. The molecule has 14 heteroatoms. The van der Waals surface area contributed by atoms with E-state index in [9.17, 15) is 0 Å². The van der Waals surface area contributed by atoms with Crippen LogP contribution in [-0.4, -0.2) is 43.2 Å². The second-order valence-electron chi connectivity index (χ2n) is 23.5. The molecule has 12 aromatic rings. The fourth-order valence-electron chi connectivity index (χ4n) is 11.4. The van der Waals surface area contributed by atoms with Gasteiger partial charge in [0.2, 0.25) is 0 Å². The van der Waals surface area contributed by atoms with Gasteiger partial charge in [-0.25, -0.2) is 9.97 Å².